The van der Waals surface area contributed by atoms with E-state index in [4.69, 9.17) is 4.74 Å². The normalized spacial score (nSPS) is 15.1. The van der Waals surface area contributed by atoms with Crippen LogP contribution in [0.1, 0.15) is 35.7 Å². The zero-order chi connectivity index (χ0) is 22.7. The molecule has 0 saturated carbocycles. The van der Waals surface area contributed by atoms with E-state index in [0.717, 1.165) is 29.2 Å². The second-order valence-electron chi connectivity index (χ2n) is 8.30. The van der Waals surface area contributed by atoms with Gasteiger partial charge in [-0.15, -0.1) is 0 Å². The van der Waals surface area contributed by atoms with Crippen LogP contribution in [-0.4, -0.2) is 39.4 Å². The summed E-state index contributed by atoms with van der Waals surface area (Å²) in [5, 5.41) is 2.06. The lowest BCUT2D eigenvalue weighted by Crippen LogP contribution is -2.38. The van der Waals surface area contributed by atoms with E-state index in [-0.39, 0.29) is 22.9 Å². The van der Waals surface area contributed by atoms with Crippen LogP contribution in [0.2, 0.25) is 0 Å². The number of ether oxygens (including phenoxy) is 1. The molecule has 0 bridgehead atoms. The average molecular weight is 453 g/mol. The molecule has 1 saturated heterocycles. The van der Waals surface area contributed by atoms with Gasteiger partial charge in [0.2, 0.25) is 10.0 Å². The molecular formula is C25H28N2O4S. The van der Waals surface area contributed by atoms with Crippen molar-refractivity contribution in [3.8, 4) is 5.75 Å². The molecule has 3 aromatic carbocycles. The third-order valence-electron chi connectivity index (χ3n) is 6.12. The summed E-state index contributed by atoms with van der Waals surface area (Å²) in [5.41, 5.74) is 1.16. The highest BCUT2D eigenvalue weighted by Gasteiger charge is 2.26. The molecule has 0 unspecified atom stereocenters. The van der Waals surface area contributed by atoms with Crippen LogP contribution >= 0.6 is 0 Å². The van der Waals surface area contributed by atoms with Crippen molar-refractivity contribution < 1.29 is 17.9 Å². The van der Waals surface area contributed by atoms with Crippen LogP contribution in [0.15, 0.2) is 65.6 Å². The van der Waals surface area contributed by atoms with Crippen LogP contribution in [0.3, 0.4) is 0 Å². The number of carbonyl (C=O) groups is 1. The molecule has 1 fully saturated rings. The summed E-state index contributed by atoms with van der Waals surface area (Å²) in [6.45, 7) is 3.67. The van der Waals surface area contributed by atoms with Gasteiger partial charge < -0.3 is 9.64 Å². The van der Waals surface area contributed by atoms with Crippen LogP contribution in [0, 0.1) is 5.92 Å². The smallest absolute Gasteiger partial charge is 0.257 e. The summed E-state index contributed by atoms with van der Waals surface area (Å²) in [6.07, 6.45) is 1.89. The van der Waals surface area contributed by atoms with Crippen molar-refractivity contribution >= 4 is 26.7 Å². The van der Waals surface area contributed by atoms with Gasteiger partial charge in [-0.2, -0.15) is 0 Å². The Labute approximate surface area is 189 Å². The van der Waals surface area contributed by atoms with E-state index in [2.05, 4.69) is 11.6 Å². The number of hydrogen-bond donors (Lipinski definition) is 1. The van der Waals surface area contributed by atoms with Gasteiger partial charge in [0.1, 0.15) is 5.75 Å². The molecule has 168 valence electrons. The van der Waals surface area contributed by atoms with Crippen LogP contribution in [0.5, 0.6) is 5.75 Å². The molecule has 32 heavy (non-hydrogen) atoms. The highest BCUT2D eigenvalue weighted by Crippen LogP contribution is 2.27. The monoisotopic (exact) mass is 452 g/mol. The van der Waals surface area contributed by atoms with Crippen molar-refractivity contribution in [3.63, 3.8) is 0 Å². The number of sulfonamides is 1. The molecule has 0 spiro atoms. The largest absolute Gasteiger partial charge is 0.496 e. The molecule has 3 aromatic rings. The van der Waals surface area contributed by atoms with E-state index in [9.17, 15) is 13.2 Å². The number of methoxy groups -OCH3 is 1. The molecule has 7 heteroatoms. The second kappa shape index (κ2) is 9.30. The van der Waals surface area contributed by atoms with Gasteiger partial charge in [-0.1, -0.05) is 49.4 Å². The predicted molar refractivity (Wildman–Crippen MR) is 125 cm³/mol. The lowest BCUT2D eigenvalue weighted by Gasteiger charge is -2.30. The van der Waals surface area contributed by atoms with E-state index in [0.29, 0.717) is 24.8 Å². The Hall–Kier alpha value is -2.90. The van der Waals surface area contributed by atoms with Crippen molar-refractivity contribution in [2.75, 3.05) is 20.2 Å². The molecule has 0 aliphatic carbocycles. The molecule has 0 aromatic heterocycles. The van der Waals surface area contributed by atoms with E-state index in [1.54, 1.807) is 11.0 Å². The maximum absolute atomic E-state index is 13.1. The fourth-order valence-electron chi connectivity index (χ4n) is 4.11. The number of likely N-dealkylation sites (tertiary alicyclic amines) is 1. The Morgan fingerprint density at radius 3 is 2.53 bits per heavy atom. The molecule has 6 nitrogen and oxygen atoms in total. The SMILES string of the molecule is COc1ccc(S(=O)(=O)NCc2cccc3ccccc23)cc1C(=O)N1CCC(C)CC1. The zero-order valence-electron chi connectivity index (χ0n) is 18.4. The Balaban J connectivity index is 1.58. The van der Waals surface area contributed by atoms with Gasteiger partial charge in [0.25, 0.3) is 5.91 Å². The Morgan fingerprint density at radius 2 is 1.78 bits per heavy atom. The topological polar surface area (TPSA) is 75.7 Å². The zero-order valence-corrected chi connectivity index (χ0v) is 19.2. The van der Waals surface area contributed by atoms with Gasteiger partial charge in [0.15, 0.2) is 0 Å². The van der Waals surface area contributed by atoms with Gasteiger partial charge in [0.05, 0.1) is 17.6 Å². The van der Waals surface area contributed by atoms with Crippen LogP contribution < -0.4 is 9.46 Å². The summed E-state index contributed by atoms with van der Waals surface area (Å²) < 4.78 is 34.2. The second-order valence-corrected chi connectivity index (χ2v) is 10.1. The van der Waals surface area contributed by atoms with Gasteiger partial charge in [0, 0.05) is 19.6 Å². The number of carbonyl (C=O) groups excluding carboxylic acids is 1. The predicted octanol–water partition coefficient (Wildman–Crippen LogP) is 4.20. The maximum Gasteiger partial charge on any atom is 0.257 e. The molecule has 1 amide bonds. The van der Waals surface area contributed by atoms with Gasteiger partial charge in [-0.3, -0.25) is 4.79 Å². The minimum Gasteiger partial charge on any atom is -0.496 e. The number of nitrogens with zero attached hydrogens (tertiary/aromatic N) is 1. The third-order valence-corrected chi connectivity index (χ3v) is 7.51. The Kier molecular flexibility index (Phi) is 6.48. The summed E-state index contributed by atoms with van der Waals surface area (Å²) in [5.74, 6) is 0.771. The van der Waals surface area contributed by atoms with Crippen LogP contribution in [0.25, 0.3) is 10.8 Å². The minimum atomic E-state index is -3.82. The summed E-state index contributed by atoms with van der Waals surface area (Å²) in [6, 6.07) is 18.1. The number of nitrogens with one attached hydrogen (secondary N) is 1. The molecule has 1 aliphatic rings. The lowest BCUT2D eigenvalue weighted by atomic mass is 9.98. The molecular weight excluding hydrogens is 424 g/mol. The minimum absolute atomic E-state index is 0.0484. The van der Waals surface area contributed by atoms with Gasteiger partial charge in [-0.05, 0) is 53.3 Å². The van der Waals surface area contributed by atoms with Crippen molar-refractivity contribution in [1.82, 2.24) is 9.62 Å². The summed E-state index contributed by atoms with van der Waals surface area (Å²) in [7, 11) is -2.34. The maximum atomic E-state index is 13.1. The molecule has 0 atom stereocenters. The van der Waals surface area contributed by atoms with E-state index < -0.39 is 10.0 Å². The van der Waals surface area contributed by atoms with Crippen LogP contribution in [-0.2, 0) is 16.6 Å². The first-order valence-corrected chi connectivity index (χ1v) is 12.3. The summed E-state index contributed by atoms with van der Waals surface area (Å²) >= 11 is 0. The molecule has 4 rings (SSSR count). The lowest BCUT2D eigenvalue weighted by molar-refractivity contribution is 0.0693. The fraction of sp³-hybridized carbons (Fsp3) is 0.320. The fourth-order valence-corrected chi connectivity index (χ4v) is 5.14. The number of fused-ring (bicyclic) bond motifs is 1. The molecule has 1 aliphatic heterocycles. The van der Waals surface area contributed by atoms with Crippen molar-refractivity contribution in [2.45, 2.75) is 31.2 Å². The van der Waals surface area contributed by atoms with E-state index >= 15 is 0 Å². The Morgan fingerprint density at radius 1 is 1.06 bits per heavy atom. The third kappa shape index (κ3) is 4.64. The molecule has 1 heterocycles. The number of amides is 1. The standard InChI is InChI=1S/C25H28N2O4S/c1-18-12-14-27(15-13-18)25(28)23-16-21(10-11-24(23)31-2)32(29,30)26-17-20-8-5-7-19-6-3-4-9-22(19)20/h3-11,16,18,26H,12-15,17H2,1-2H3. The molecule has 0 radical (unpaired) electrons. The number of piperidine rings is 1. The van der Waals surface area contributed by atoms with Crippen molar-refractivity contribution in [3.05, 3.63) is 71.8 Å². The van der Waals surface area contributed by atoms with Crippen LogP contribution in [0.4, 0.5) is 0 Å². The highest BCUT2D eigenvalue weighted by atomic mass is 32.2. The first-order chi connectivity index (χ1) is 15.4. The average Bonchev–Trinajstić information content (AvgIpc) is 2.82. The molecule has 1 N–H and O–H groups in total. The first kappa shape index (κ1) is 22.3. The highest BCUT2D eigenvalue weighted by molar-refractivity contribution is 7.89. The van der Waals surface area contributed by atoms with Gasteiger partial charge >= 0.3 is 0 Å². The first-order valence-electron chi connectivity index (χ1n) is 10.8. The summed E-state index contributed by atoms with van der Waals surface area (Å²) in [4.78, 5) is 14.9. The van der Waals surface area contributed by atoms with Crippen molar-refractivity contribution in [2.24, 2.45) is 5.92 Å². The van der Waals surface area contributed by atoms with E-state index in [1.165, 1.54) is 19.2 Å². The number of hydrogen-bond acceptors (Lipinski definition) is 4. The Bertz CT molecular complexity index is 1230. The number of benzene rings is 3. The van der Waals surface area contributed by atoms with E-state index in [1.807, 2.05) is 42.5 Å². The number of rotatable bonds is 6. The van der Waals surface area contributed by atoms with Gasteiger partial charge in [-0.25, -0.2) is 13.1 Å². The van der Waals surface area contributed by atoms with Crippen molar-refractivity contribution in [1.29, 1.82) is 0 Å². The quantitative estimate of drug-likeness (QED) is 0.608.